The number of hydrogen-bond acceptors (Lipinski definition) is 5. The van der Waals surface area contributed by atoms with Crippen LogP contribution in [0, 0.1) is 0 Å². The number of benzene rings is 1. The van der Waals surface area contributed by atoms with Gasteiger partial charge in [-0.15, -0.1) is 0 Å². The second-order valence-corrected chi connectivity index (χ2v) is 10.1. The number of para-hydroxylation sites is 1. The molecule has 2 aliphatic heterocycles. The van der Waals surface area contributed by atoms with Gasteiger partial charge in [0.05, 0.1) is 17.8 Å². The molecule has 0 saturated carbocycles. The average molecular weight is 424 g/mol. The van der Waals surface area contributed by atoms with Crippen LogP contribution in [0.4, 0.5) is 5.69 Å². The Hall–Kier alpha value is -2.61. The molecule has 2 aliphatic rings. The largest absolute Gasteiger partial charge is 0.309 e. The predicted octanol–water partition coefficient (Wildman–Crippen LogP) is 3.36. The number of rotatable bonds is 2. The number of carbonyl (C=O) groups excluding carboxylic acids is 1. The molecule has 0 N–H and O–H groups in total. The van der Waals surface area contributed by atoms with Gasteiger partial charge in [-0.3, -0.25) is 14.2 Å². The summed E-state index contributed by atoms with van der Waals surface area (Å²) in [4.78, 5) is 33.2. The highest BCUT2D eigenvalue weighted by molar-refractivity contribution is 7.99. The maximum absolute atomic E-state index is 13.3. The van der Waals surface area contributed by atoms with Gasteiger partial charge in [0, 0.05) is 23.9 Å². The van der Waals surface area contributed by atoms with Gasteiger partial charge in [-0.1, -0.05) is 30.0 Å². The van der Waals surface area contributed by atoms with Crippen molar-refractivity contribution in [1.82, 2.24) is 19.3 Å². The smallest absolute Gasteiger partial charge is 0.265 e. The number of anilines is 1. The highest BCUT2D eigenvalue weighted by Crippen LogP contribution is 2.37. The van der Waals surface area contributed by atoms with E-state index in [0.717, 1.165) is 12.1 Å². The lowest BCUT2D eigenvalue weighted by molar-refractivity contribution is -0.119. The molecular formula is C22H25N5O2S. The van der Waals surface area contributed by atoms with Crippen LogP contribution in [-0.4, -0.2) is 37.0 Å². The van der Waals surface area contributed by atoms with Gasteiger partial charge in [0.2, 0.25) is 5.91 Å². The minimum atomic E-state index is -0.266. The number of fused-ring (bicyclic) bond motifs is 3. The van der Waals surface area contributed by atoms with Crippen molar-refractivity contribution in [2.24, 2.45) is 0 Å². The van der Waals surface area contributed by atoms with Crippen LogP contribution in [0.3, 0.4) is 0 Å². The highest BCUT2D eigenvalue weighted by Gasteiger charge is 2.35. The predicted molar refractivity (Wildman–Crippen MR) is 118 cm³/mol. The Labute approximate surface area is 179 Å². The Bertz CT molecular complexity index is 1220. The van der Waals surface area contributed by atoms with Crippen molar-refractivity contribution < 1.29 is 4.79 Å². The van der Waals surface area contributed by atoms with Crippen molar-refractivity contribution in [3.05, 3.63) is 46.4 Å². The van der Waals surface area contributed by atoms with E-state index in [2.05, 4.69) is 18.1 Å². The molecular weight excluding hydrogens is 398 g/mol. The summed E-state index contributed by atoms with van der Waals surface area (Å²) in [6.07, 6.45) is 2.76. The molecule has 1 amide bonds. The Morgan fingerprint density at radius 2 is 2.03 bits per heavy atom. The summed E-state index contributed by atoms with van der Waals surface area (Å²) in [6.45, 7) is 8.19. The third-order valence-electron chi connectivity index (χ3n) is 5.89. The van der Waals surface area contributed by atoms with E-state index in [1.807, 2.05) is 43.9 Å². The van der Waals surface area contributed by atoms with Crippen LogP contribution >= 0.6 is 11.8 Å². The van der Waals surface area contributed by atoms with Crippen LogP contribution in [-0.2, 0) is 16.8 Å². The van der Waals surface area contributed by atoms with Crippen LogP contribution in [0.25, 0.3) is 11.0 Å². The lowest BCUT2D eigenvalue weighted by Crippen LogP contribution is -2.38. The zero-order valence-corrected chi connectivity index (χ0v) is 18.4. The molecule has 8 heteroatoms. The first kappa shape index (κ1) is 19.4. The van der Waals surface area contributed by atoms with E-state index in [0.29, 0.717) is 28.4 Å². The van der Waals surface area contributed by atoms with E-state index in [-0.39, 0.29) is 29.1 Å². The Balaban J connectivity index is 1.48. The number of carbonyl (C=O) groups is 1. The first-order valence-electron chi connectivity index (χ1n) is 10.3. The summed E-state index contributed by atoms with van der Waals surface area (Å²) in [5, 5.41) is 5.59. The van der Waals surface area contributed by atoms with Crippen molar-refractivity contribution in [1.29, 1.82) is 0 Å². The van der Waals surface area contributed by atoms with Gasteiger partial charge in [0.25, 0.3) is 5.56 Å². The fourth-order valence-corrected chi connectivity index (χ4v) is 5.65. The number of amides is 1. The van der Waals surface area contributed by atoms with Gasteiger partial charge < -0.3 is 4.90 Å². The second-order valence-electron chi connectivity index (χ2n) is 9.15. The van der Waals surface area contributed by atoms with Crippen LogP contribution < -0.4 is 10.5 Å². The Morgan fingerprint density at radius 1 is 1.27 bits per heavy atom. The van der Waals surface area contributed by atoms with E-state index in [4.69, 9.17) is 4.98 Å². The molecule has 0 aliphatic carbocycles. The van der Waals surface area contributed by atoms with Gasteiger partial charge >= 0.3 is 0 Å². The van der Waals surface area contributed by atoms with Crippen molar-refractivity contribution in [2.45, 2.75) is 63.3 Å². The Kier molecular flexibility index (Phi) is 4.32. The summed E-state index contributed by atoms with van der Waals surface area (Å²) in [6, 6.07) is 8.00. The Morgan fingerprint density at radius 3 is 2.80 bits per heavy atom. The molecule has 2 aromatic heterocycles. The third kappa shape index (κ3) is 2.88. The highest BCUT2D eigenvalue weighted by atomic mass is 32.2. The minimum Gasteiger partial charge on any atom is -0.309 e. The molecule has 3 aromatic rings. The van der Waals surface area contributed by atoms with Crippen LogP contribution in [0.2, 0.25) is 0 Å². The minimum absolute atomic E-state index is 0.0586. The van der Waals surface area contributed by atoms with Crippen molar-refractivity contribution in [3.63, 3.8) is 0 Å². The molecule has 156 valence electrons. The van der Waals surface area contributed by atoms with E-state index in [1.165, 1.54) is 17.3 Å². The summed E-state index contributed by atoms with van der Waals surface area (Å²) in [5.41, 5.74) is 2.43. The van der Waals surface area contributed by atoms with Crippen LogP contribution in [0.1, 0.15) is 45.7 Å². The average Bonchev–Trinajstić information content (AvgIpc) is 3.36. The first-order valence-corrected chi connectivity index (χ1v) is 11.3. The van der Waals surface area contributed by atoms with Crippen molar-refractivity contribution >= 4 is 34.4 Å². The van der Waals surface area contributed by atoms with Crippen LogP contribution in [0.15, 0.2) is 40.4 Å². The zero-order valence-electron chi connectivity index (χ0n) is 17.6. The van der Waals surface area contributed by atoms with Gasteiger partial charge in [-0.05, 0) is 45.7 Å². The molecule has 2 unspecified atom stereocenters. The third-order valence-corrected chi connectivity index (χ3v) is 6.99. The number of nitrogens with zero attached hydrogens (tertiary/aromatic N) is 5. The standard InChI is InChI=1S/C22H25N5O2S/c1-13-9-14-7-5-6-8-17(14)25(13)18(28)10-15-12-30-21-24-19-16(20(29)26(15)21)11-23-27(19)22(2,3)4/h5-8,11,13,15H,9-10,12H2,1-4H3. The fraction of sp³-hybridized carbons (Fsp3) is 0.455. The summed E-state index contributed by atoms with van der Waals surface area (Å²) in [7, 11) is 0. The SMILES string of the molecule is CC1Cc2ccccc2N1C(=O)CC1CSc2nc3c(cnn3C(C)(C)C)c(=O)n21. The molecule has 5 rings (SSSR count). The fourth-order valence-electron chi connectivity index (χ4n) is 4.52. The zero-order chi connectivity index (χ0) is 21.2. The number of thioether (sulfide) groups is 1. The molecule has 0 spiro atoms. The quantitative estimate of drug-likeness (QED) is 0.591. The molecule has 2 atom stereocenters. The molecule has 0 bridgehead atoms. The van der Waals surface area contributed by atoms with Gasteiger partial charge in [0.1, 0.15) is 5.39 Å². The van der Waals surface area contributed by atoms with Gasteiger partial charge in [-0.25, -0.2) is 9.67 Å². The van der Waals surface area contributed by atoms with Crippen molar-refractivity contribution in [2.75, 3.05) is 10.7 Å². The molecule has 0 radical (unpaired) electrons. The van der Waals surface area contributed by atoms with Crippen molar-refractivity contribution in [3.8, 4) is 0 Å². The maximum atomic E-state index is 13.3. The molecule has 0 fully saturated rings. The number of hydrogen-bond donors (Lipinski definition) is 0. The molecule has 4 heterocycles. The molecule has 7 nitrogen and oxygen atoms in total. The van der Waals surface area contributed by atoms with Gasteiger partial charge in [0.15, 0.2) is 10.8 Å². The monoisotopic (exact) mass is 423 g/mol. The lowest BCUT2D eigenvalue weighted by atomic mass is 10.1. The molecule has 0 saturated heterocycles. The first-order chi connectivity index (χ1) is 14.3. The second kappa shape index (κ2) is 6.70. The van der Waals surface area contributed by atoms with Crippen LogP contribution in [0.5, 0.6) is 0 Å². The summed E-state index contributed by atoms with van der Waals surface area (Å²) >= 11 is 1.54. The van der Waals surface area contributed by atoms with E-state index in [9.17, 15) is 9.59 Å². The molecule has 30 heavy (non-hydrogen) atoms. The topological polar surface area (TPSA) is 73.0 Å². The maximum Gasteiger partial charge on any atom is 0.265 e. The van der Waals surface area contributed by atoms with Gasteiger partial charge in [-0.2, -0.15) is 5.10 Å². The van der Waals surface area contributed by atoms with E-state index >= 15 is 0 Å². The normalized spacial score (nSPS) is 20.6. The van der Waals surface area contributed by atoms with E-state index in [1.54, 1.807) is 15.4 Å². The summed E-state index contributed by atoms with van der Waals surface area (Å²) < 4.78 is 3.50. The van der Waals surface area contributed by atoms with E-state index < -0.39 is 0 Å². The lowest BCUT2D eigenvalue weighted by Gasteiger charge is -2.24. The number of aromatic nitrogens is 4. The summed E-state index contributed by atoms with van der Waals surface area (Å²) in [5.74, 6) is 0.733. The molecule has 1 aromatic carbocycles.